The van der Waals surface area contributed by atoms with Crippen LogP contribution in [0.1, 0.15) is 33.4 Å². The fraction of sp³-hybridized carbons (Fsp3) is 0.636. The summed E-state index contributed by atoms with van der Waals surface area (Å²) in [6.45, 7) is 10.2. The third-order valence-corrected chi connectivity index (χ3v) is 3.04. The van der Waals surface area contributed by atoms with Crippen molar-refractivity contribution in [2.45, 2.75) is 44.4 Å². The van der Waals surface area contributed by atoms with E-state index in [2.05, 4.69) is 15.3 Å². The first-order valence-corrected chi connectivity index (χ1v) is 6.52. The average Bonchev–Trinajstić information content (AvgIpc) is 2.13. The van der Waals surface area contributed by atoms with E-state index in [-0.39, 0.29) is 10.4 Å². The van der Waals surface area contributed by atoms with Crippen molar-refractivity contribution in [1.82, 2.24) is 9.97 Å². The second-order valence-corrected chi connectivity index (χ2v) is 6.60. The third kappa shape index (κ3) is 3.83. The van der Waals surface area contributed by atoms with Crippen LogP contribution < -0.4 is 5.32 Å². The van der Waals surface area contributed by atoms with Gasteiger partial charge in [0.15, 0.2) is 5.03 Å². The van der Waals surface area contributed by atoms with E-state index in [9.17, 15) is 10.1 Å². The highest BCUT2D eigenvalue weighted by atomic mass is 32.2. The Balaban J connectivity index is 3.28. The van der Waals surface area contributed by atoms with E-state index in [1.807, 2.05) is 27.7 Å². The molecule has 0 fully saturated rings. The van der Waals surface area contributed by atoms with Gasteiger partial charge in [-0.3, -0.25) is 10.1 Å². The lowest BCUT2D eigenvalue weighted by Gasteiger charge is -2.17. The van der Waals surface area contributed by atoms with Gasteiger partial charge in [0.1, 0.15) is 5.69 Å². The van der Waals surface area contributed by atoms with E-state index in [4.69, 9.17) is 0 Å². The first-order valence-electron chi connectivity index (χ1n) is 5.70. The van der Waals surface area contributed by atoms with Gasteiger partial charge in [-0.1, -0.05) is 32.5 Å². The van der Waals surface area contributed by atoms with Crippen LogP contribution in [0.3, 0.4) is 0 Å². The van der Waals surface area contributed by atoms with Gasteiger partial charge in [-0.05, 0) is 13.8 Å². The van der Waals surface area contributed by atoms with E-state index in [1.54, 1.807) is 6.92 Å². The van der Waals surface area contributed by atoms with Crippen LogP contribution in [0.15, 0.2) is 5.03 Å². The Bertz CT molecular complexity index is 457. The van der Waals surface area contributed by atoms with Crippen molar-refractivity contribution in [2.75, 3.05) is 11.9 Å². The van der Waals surface area contributed by atoms with Gasteiger partial charge in [0.25, 0.3) is 0 Å². The van der Waals surface area contributed by atoms with E-state index in [0.717, 1.165) is 0 Å². The Morgan fingerprint density at radius 2 is 2.00 bits per heavy atom. The van der Waals surface area contributed by atoms with Crippen LogP contribution in [0.4, 0.5) is 11.6 Å². The largest absolute Gasteiger partial charge is 0.354 e. The van der Waals surface area contributed by atoms with Crippen LogP contribution in [0.5, 0.6) is 0 Å². The number of thioether (sulfide) groups is 1. The molecule has 0 radical (unpaired) electrons. The summed E-state index contributed by atoms with van der Waals surface area (Å²) in [5.74, 6) is 0.437. The molecule has 0 amide bonds. The monoisotopic (exact) mass is 270 g/mol. The van der Waals surface area contributed by atoms with Crippen LogP contribution in [-0.2, 0) is 0 Å². The van der Waals surface area contributed by atoms with Gasteiger partial charge in [0.05, 0.1) is 4.92 Å². The summed E-state index contributed by atoms with van der Waals surface area (Å²) in [5, 5.41) is 14.5. The summed E-state index contributed by atoms with van der Waals surface area (Å²) >= 11 is 1.38. The molecule has 0 aliphatic heterocycles. The molecule has 0 aliphatic carbocycles. The number of nitrogens with one attached hydrogen (secondary N) is 1. The molecule has 1 aromatic rings. The maximum absolute atomic E-state index is 11.1. The van der Waals surface area contributed by atoms with Gasteiger partial charge < -0.3 is 5.32 Å². The van der Waals surface area contributed by atoms with Crippen LogP contribution in [0.25, 0.3) is 0 Å². The topological polar surface area (TPSA) is 81.0 Å². The standard InChI is InChI=1S/C11H18N4O2S/c1-6-12-10-13-7(2)8(15(16)17)9(14-10)18-11(3,4)5/h6H2,1-5H3,(H,12,13,14). The predicted molar refractivity (Wildman–Crippen MR) is 73.2 cm³/mol. The minimum absolute atomic E-state index is 0.00317. The smallest absolute Gasteiger partial charge is 0.322 e. The van der Waals surface area contributed by atoms with Crippen molar-refractivity contribution < 1.29 is 4.92 Å². The summed E-state index contributed by atoms with van der Waals surface area (Å²) in [6, 6.07) is 0. The van der Waals surface area contributed by atoms with E-state index in [1.165, 1.54) is 11.8 Å². The summed E-state index contributed by atoms with van der Waals surface area (Å²) < 4.78 is -0.144. The SMILES string of the molecule is CCNc1nc(C)c([N+](=O)[O-])c(SC(C)(C)C)n1. The van der Waals surface area contributed by atoms with Gasteiger partial charge in [-0.15, -0.1) is 0 Å². The molecule has 100 valence electrons. The molecule has 7 heteroatoms. The summed E-state index contributed by atoms with van der Waals surface area (Å²) in [6.07, 6.45) is 0. The van der Waals surface area contributed by atoms with Gasteiger partial charge in [0, 0.05) is 11.3 Å². The first-order chi connectivity index (χ1) is 8.24. The molecule has 1 heterocycles. The van der Waals surface area contributed by atoms with E-state index < -0.39 is 4.92 Å². The molecule has 0 spiro atoms. The molecule has 6 nitrogen and oxygen atoms in total. The van der Waals surface area contributed by atoms with Crippen molar-refractivity contribution in [1.29, 1.82) is 0 Å². The van der Waals surface area contributed by atoms with Gasteiger partial charge in [-0.2, -0.15) is 4.98 Å². The normalized spacial score (nSPS) is 11.4. The van der Waals surface area contributed by atoms with Crippen LogP contribution in [0, 0.1) is 17.0 Å². The van der Waals surface area contributed by atoms with E-state index >= 15 is 0 Å². The van der Waals surface area contributed by atoms with Gasteiger partial charge in [-0.25, -0.2) is 4.98 Å². The molecule has 0 unspecified atom stereocenters. The number of rotatable bonds is 4. The average molecular weight is 270 g/mol. The van der Waals surface area contributed by atoms with Crippen molar-refractivity contribution in [3.05, 3.63) is 15.8 Å². The highest BCUT2D eigenvalue weighted by molar-refractivity contribution is 8.00. The molecule has 0 aromatic carbocycles. The predicted octanol–water partition coefficient (Wildman–Crippen LogP) is 3.02. The molecule has 1 N–H and O–H groups in total. The van der Waals surface area contributed by atoms with Crippen LogP contribution >= 0.6 is 11.8 Å². The fourth-order valence-corrected chi connectivity index (χ4v) is 2.38. The molecule has 0 saturated carbocycles. The molecule has 0 bridgehead atoms. The minimum Gasteiger partial charge on any atom is -0.354 e. The number of nitrogens with zero attached hydrogens (tertiary/aromatic N) is 3. The highest BCUT2D eigenvalue weighted by Crippen LogP contribution is 2.37. The molecule has 1 aromatic heterocycles. The van der Waals surface area contributed by atoms with Crippen molar-refractivity contribution in [3.8, 4) is 0 Å². The fourth-order valence-electron chi connectivity index (χ4n) is 1.35. The zero-order valence-corrected chi connectivity index (χ0v) is 12.1. The number of nitro groups is 1. The summed E-state index contributed by atoms with van der Waals surface area (Å²) in [7, 11) is 0. The lowest BCUT2D eigenvalue weighted by Crippen LogP contribution is -2.12. The summed E-state index contributed by atoms with van der Waals surface area (Å²) in [4.78, 5) is 19.0. The molecule has 0 aliphatic rings. The Hall–Kier alpha value is -1.37. The number of hydrogen-bond acceptors (Lipinski definition) is 6. The first kappa shape index (κ1) is 14.7. The highest BCUT2D eigenvalue weighted by Gasteiger charge is 2.26. The maximum Gasteiger partial charge on any atom is 0.322 e. The molecule has 0 atom stereocenters. The second kappa shape index (κ2) is 5.51. The third-order valence-electron chi connectivity index (χ3n) is 1.95. The van der Waals surface area contributed by atoms with Gasteiger partial charge >= 0.3 is 5.69 Å². The lowest BCUT2D eigenvalue weighted by atomic mass is 10.3. The molecule has 1 rings (SSSR count). The maximum atomic E-state index is 11.1. The zero-order chi connectivity index (χ0) is 13.9. The molecule has 18 heavy (non-hydrogen) atoms. The minimum atomic E-state index is -0.418. The van der Waals surface area contributed by atoms with E-state index in [0.29, 0.717) is 23.2 Å². The molecular formula is C11H18N4O2S. The molecular weight excluding hydrogens is 252 g/mol. The van der Waals surface area contributed by atoms with Crippen molar-refractivity contribution in [2.24, 2.45) is 0 Å². The van der Waals surface area contributed by atoms with Crippen LogP contribution in [-0.4, -0.2) is 26.2 Å². The van der Waals surface area contributed by atoms with Crippen LogP contribution in [0.2, 0.25) is 0 Å². The number of anilines is 1. The number of hydrogen-bond donors (Lipinski definition) is 1. The number of aromatic nitrogens is 2. The second-order valence-electron chi connectivity index (χ2n) is 4.79. The Morgan fingerprint density at radius 3 is 2.44 bits per heavy atom. The lowest BCUT2D eigenvalue weighted by molar-refractivity contribution is -0.389. The molecule has 0 saturated heterocycles. The van der Waals surface area contributed by atoms with Crippen molar-refractivity contribution in [3.63, 3.8) is 0 Å². The summed E-state index contributed by atoms with van der Waals surface area (Å²) in [5.41, 5.74) is 0.384. The number of aryl methyl sites for hydroxylation is 1. The Kier molecular flexibility index (Phi) is 4.50. The zero-order valence-electron chi connectivity index (χ0n) is 11.3. The van der Waals surface area contributed by atoms with Gasteiger partial charge in [0.2, 0.25) is 5.95 Å². The van der Waals surface area contributed by atoms with Crippen molar-refractivity contribution >= 4 is 23.4 Å². The quantitative estimate of drug-likeness (QED) is 0.392. The Morgan fingerprint density at radius 1 is 1.39 bits per heavy atom. The Labute approximate surface area is 111 Å².